The largest absolute Gasteiger partial charge is 0.493 e. The van der Waals surface area contributed by atoms with E-state index in [1.807, 2.05) is 4.90 Å². The minimum absolute atomic E-state index is 0.00674. The molecular formula is C22H30F2N2O4S. The predicted molar refractivity (Wildman–Crippen MR) is 113 cm³/mol. The summed E-state index contributed by atoms with van der Waals surface area (Å²) >= 11 is 0. The van der Waals surface area contributed by atoms with Gasteiger partial charge in [0.1, 0.15) is 5.75 Å². The summed E-state index contributed by atoms with van der Waals surface area (Å²) in [4.78, 5) is 14.4. The monoisotopic (exact) mass is 456 g/mol. The van der Waals surface area contributed by atoms with Crippen molar-refractivity contribution in [1.29, 1.82) is 0 Å². The molecule has 9 heteroatoms. The van der Waals surface area contributed by atoms with E-state index in [2.05, 4.69) is 4.72 Å². The van der Waals surface area contributed by atoms with E-state index < -0.39 is 34.3 Å². The smallest absolute Gasteiger partial charge is 0.253 e. The van der Waals surface area contributed by atoms with E-state index in [1.165, 1.54) is 0 Å². The quantitative estimate of drug-likeness (QED) is 0.681. The number of amides is 1. The van der Waals surface area contributed by atoms with Crippen molar-refractivity contribution in [2.45, 2.75) is 68.6 Å². The molecule has 2 atom stereocenters. The van der Waals surface area contributed by atoms with Gasteiger partial charge < -0.3 is 9.64 Å². The van der Waals surface area contributed by atoms with Crippen LogP contribution in [0.1, 0.15) is 61.7 Å². The highest BCUT2D eigenvalue weighted by molar-refractivity contribution is 7.90. The van der Waals surface area contributed by atoms with Crippen molar-refractivity contribution >= 4 is 15.9 Å². The fourth-order valence-corrected chi connectivity index (χ4v) is 6.10. The molecular weight excluding hydrogens is 426 g/mol. The Kier molecular flexibility index (Phi) is 6.53. The lowest BCUT2D eigenvalue weighted by atomic mass is 9.83. The van der Waals surface area contributed by atoms with Gasteiger partial charge in [-0.15, -0.1) is 0 Å². The highest BCUT2D eigenvalue weighted by Gasteiger charge is 2.45. The molecule has 2 aliphatic carbocycles. The lowest BCUT2D eigenvalue weighted by Gasteiger charge is -2.36. The Balaban J connectivity index is 1.36. The van der Waals surface area contributed by atoms with Crippen LogP contribution >= 0.6 is 0 Å². The summed E-state index contributed by atoms with van der Waals surface area (Å²) in [6.45, 7) is 1.53. The summed E-state index contributed by atoms with van der Waals surface area (Å²) in [6.07, 6.45) is 3.80. The zero-order valence-electron chi connectivity index (χ0n) is 17.6. The van der Waals surface area contributed by atoms with Crippen LogP contribution in [0, 0.1) is 5.92 Å². The van der Waals surface area contributed by atoms with E-state index in [0.29, 0.717) is 24.2 Å². The van der Waals surface area contributed by atoms with Crippen molar-refractivity contribution in [1.82, 2.24) is 9.62 Å². The first kappa shape index (κ1) is 22.5. The number of rotatable bonds is 7. The van der Waals surface area contributed by atoms with Crippen molar-refractivity contribution in [3.63, 3.8) is 0 Å². The molecule has 4 rings (SSSR count). The lowest BCUT2D eigenvalue weighted by Crippen LogP contribution is -2.49. The maximum atomic E-state index is 14.0. The van der Waals surface area contributed by atoms with Crippen LogP contribution in [-0.4, -0.2) is 56.1 Å². The molecule has 0 unspecified atom stereocenters. The third-order valence-corrected chi connectivity index (χ3v) is 8.42. The van der Waals surface area contributed by atoms with Crippen LogP contribution in [0.5, 0.6) is 5.75 Å². The first-order chi connectivity index (χ1) is 14.7. The topological polar surface area (TPSA) is 75.7 Å². The normalized spacial score (nSPS) is 26.5. The number of carbonyl (C=O) groups excluding carboxylic acids is 1. The Morgan fingerprint density at radius 2 is 1.77 bits per heavy atom. The minimum atomic E-state index is -3.46. The standard InChI is InChI=1S/C22H30F2N2O4S/c23-22(24)11-10-20(25-31(28,29)19-8-9-19)17(14-22)15-30-18-6-4-16(5-7-18)21(27)26-12-2-1-3-13-26/h4-7,17,19-20,25H,1-3,8-15H2/t17-,20-/m0/s1. The van der Waals surface area contributed by atoms with Crippen molar-refractivity contribution in [2.24, 2.45) is 5.92 Å². The number of nitrogens with one attached hydrogen (secondary N) is 1. The average Bonchev–Trinajstić information content (AvgIpc) is 3.60. The second-order valence-electron chi connectivity index (χ2n) is 9.02. The number of piperidine rings is 1. The highest BCUT2D eigenvalue weighted by Crippen LogP contribution is 2.38. The van der Waals surface area contributed by atoms with Crippen LogP contribution in [0.2, 0.25) is 0 Å². The number of hydrogen-bond donors (Lipinski definition) is 1. The van der Waals surface area contributed by atoms with Gasteiger partial charge in [0.2, 0.25) is 15.9 Å². The molecule has 31 heavy (non-hydrogen) atoms. The molecule has 0 spiro atoms. The van der Waals surface area contributed by atoms with E-state index in [9.17, 15) is 22.0 Å². The third kappa shape index (κ3) is 5.74. The Bertz CT molecular complexity index is 881. The number of benzene rings is 1. The summed E-state index contributed by atoms with van der Waals surface area (Å²) in [7, 11) is -3.46. The van der Waals surface area contributed by atoms with Gasteiger partial charge in [0, 0.05) is 43.5 Å². The molecule has 172 valence electrons. The number of halogens is 2. The summed E-state index contributed by atoms with van der Waals surface area (Å²) in [5.74, 6) is -2.96. The molecule has 1 aliphatic heterocycles. The minimum Gasteiger partial charge on any atom is -0.493 e. The fraction of sp³-hybridized carbons (Fsp3) is 0.682. The molecule has 1 saturated heterocycles. The molecule has 1 heterocycles. The molecule has 0 aromatic heterocycles. The van der Waals surface area contributed by atoms with Crippen LogP contribution < -0.4 is 9.46 Å². The summed E-state index contributed by atoms with van der Waals surface area (Å²) in [5, 5.41) is -0.388. The number of carbonyl (C=O) groups is 1. The van der Waals surface area contributed by atoms with Gasteiger partial charge in [-0.25, -0.2) is 21.9 Å². The molecule has 1 amide bonds. The Morgan fingerprint density at radius 1 is 1.10 bits per heavy atom. The Hall–Kier alpha value is -1.74. The van der Waals surface area contributed by atoms with E-state index in [-0.39, 0.29) is 30.6 Å². The van der Waals surface area contributed by atoms with E-state index in [1.54, 1.807) is 24.3 Å². The highest BCUT2D eigenvalue weighted by atomic mass is 32.2. The molecule has 0 radical (unpaired) electrons. The Labute approximate surface area is 182 Å². The zero-order valence-corrected chi connectivity index (χ0v) is 18.4. The maximum absolute atomic E-state index is 14.0. The van der Waals surface area contributed by atoms with Crippen LogP contribution in [0.3, 0.4) is 0 Å². The van der Waals surface area contributed by atoms with Crippen LogP contribution in [0.25, 0.3) is 0 Å². The second-order valence-corrected chi connectivity index (χ2v) is 11.0. The average molecular weight is 457 g/mol. The van der Waals surface area contributed by atoms with Crippen molar-refractivity contribution in [3.05, 3.63) is 29.8 Å². The molecule has 1 aromatic carbocycles. The number of nitrogens with zero attached hydrogens (tertiary/aromatic N) is 1. The van der Waals surface area contributed by atoms with E-state index in [0.717, 1.165) is 32.4 Å². The van der Waals surface area contributed by atoms with Gasteiger partial charge in [0.15, 0.2) is 0 Å². The summed E-state index contributed by atoms with van der Waals surface area (Å²) in [6, 6.07) is 6.16. The number of alkyl halides is 2. The molecule has 1 N–H and O–H groups in total. The number of hydrogen-bond acceptors (Lipinski definition) is 4. The third-order valence-electron chi connectivity index (χ3n) is 6.44. The van der Waals surface area contributed by atoms with Crippen molar-refractivity contribution in [2.75, 3.05) is 19.7 Å². The number of sulfonamides is 1. The molecule has 3 fully saturated rings. The van der Waals surface area contributed by atoms with Gasteiger partial charge in [-0.05, 0) is 62.8 Å². The maximum Gasteiger partial charge on any atom is 0.253 e. The van der Waals surface area contributed by atoms with E-state index in [4.69, 9.17) is 4.74 Å². The van der Waals surface area contributed by atoms with Gasteiger partial charge in [-0.2, -0.15) is 0 Å². The fourth-order valence-electron chi connectivity index (χ4n) is 4.42. The van der Waals surface area contributed by atoms with Crippen molar-refractivity contribution in [3.8, 4) is 5.75 Å². The number of ether oxygens (including phenoxy) is 1. The van der Waals surface area contributed by atoms with E-state index >= 15 is 0 Å². The molecule has 3 aliphatic rings. The summed E-state index contributed by atoms with van der Waals surface area (Å²) in [5.41, 5.74) is 0.577. The molecule has 1 aromatic rings. The predicted octanol–water partition coefficient (Wildman–Crippen LogP) is 3.58. The van der Waals surface area contributed by atoms with Crippen LogP contribution in [0.4, 0.5) is 8.78 Å². The van der Waals surface area contributed by atoms with Crippen LogP contribution in [0.15, 0.2) is 24.3 Å². The van der Waals surface area contributed by atoms with Gasteiger partial charge in [0.25, 0.3) is 5.91 Å². The first-order valence-electron chi connectivity index (χ1n) is 11.1. The molecule has 6 nitrogen and oxygen atoms in total. The van der Waals surface area contributed by atoms with Gasteiger partial charge >= 0.3 is 0 Å². The van der Waals surface area contributed by atoms with Crippen LogP contribution in [-0.2, 0) is 10.0 Å². The van der Waals surface area contributed by atoms with Crippen molar-refractivity contribution < 1.29 is 26.7 Å². The second kappa shape index (κ2) is 9.02. The SMILES string of the molecule is O=C(c1ccc(OC[C@@H]2CC(F)(F)CC[C@@H]2NS(=O)(=O)C2CC2)cc1)N1CCCCC1. The van der Waals surface area contributed by atoms with Gasteiger partial charge in [0.05, 0.1) is 11.9 Å². The molecule has 0 bridgehead atoms. The number of likely N-dealkylation sites (tertiary alicyclic amines) is 1. The summed E-state index contributed by atoms with van der Waals surface area (Å²) < 4.78 is 61.0. The zero-order chi connectivity index (χ0) is 22.1. The Morgan fingerprint density at radius 3 is 2.42 bits per heavy atom. The first-order valence-corrected chi connectivity index (χ1v) is 12.7. The lowest BCUT2D eigenvalue weighted by molar-refractivity contribution is -0.0661. The van der Waals surface area contributed by atoms with Gasteiger partial charge in [-0.1, -0.05) is 0 Å². The van der Waals surface area contributed by atoms with Gasteiger partial charge in [-0.3, -0.25) is 4.79 Å². The molecule has 2 saturated carbocycles.